The van der Waals surface area contributed by atoms with Gasteiger partial charge in [-0.25, -0.2) is 4.98 Å². The fourth-order valence-electron chi connectivity index (χ4n) is 1.09. The first-order chi connectivity index (χ1) is 7.31. The molecule has 1 aromatic rings. The Morgan fingerprint density at radius 3 is 2.50 bits per heavy atom. The summed E-state index contributed by atoms with van der Waals surface area (Å²) in [4.78, 5) is 14.6. The molecule has 0 aliphatic rings. The molecule has 0 spiro atoms. The van der Waals surface area contributed by atoms with Gasteiger partial charge < -0.3 is 5.32 Å². The van der Waals surface area contributed by atoms with Crippen LogP contribution in [0.3, 0.4) is 0 Å². The third kappa shape index (κ3) is 3.69. The Morgan fingerprint density at radius 2 is 2.06 bits per heavy atom. The van der Waals surface area contributed by atoms with Crippen molar-refractivity contribution in [3.63, 3.8) is 0 Å². The molecule has 0 amide bonds. The molecule has 16 heavy (non-hydrogen) atoms. The molecule has 88 valence electrons. The van der Waals surface area contributed by atoms with Crippen molar-refractivity contribution in [3.05, 3.63) is 22.2 Å². The van der Waals surface area contributed by atoms with Crippen LogP contribution in [0.25, 0.3) is 0 Å². The summed E-state index contributed by atoms with van der Waals surface area (Å²) in [6, 6.07) is 2.92. The van der Waals surface area contributed by atoms with Crippen molar-refractivity contribution in [1.82, 2.24) is 4.98 Å². The summed E-state index contributed by atoms with van der Waals surface area (Å²) in [5.41, 5.74) is 0.0612. The van der Waals surface area contributed by atoms with Crippen LogP contribution in [0, 0.1) is 10.1 Å². The van der Waals surface area contributed by atoms with Gasteiger partial charge in [0, 0.05) is 17.9 Å². The normalized spacial score (nSPS) is 11.2. The summed E-state index contributed by atoms with van der Waals surface area (Å²) in [6.45, 7) is 6.12. The largest absolute Gasteiger partial charge is 0.373 e. The second kappa shape index (κ2) is 4.69. The van der Waals surface area contributed by atoms with Gasteiger partial charge in [-0.1, -0.05) is 20.8 Å². The number of hydrogen-bond donors (Lipinski definition) is 1. The van der Waals surface area contributed by atoms with Crippen LogP contribution in [0.15, 0.2) is 17.2 Å². The minimum absolute atomic E-state index is 0.0206. The lowest BCUT2D eigenvalue weighted by Gasteiger charge is -2.16. The molecule has 6 heteroatoms. The molecule has 1 aromatic heterocycles. The van der Waals surface area contributed by atoms with E-state index in [1.54, 1.807) is 7.05 Å². The quantitative estimate of drug-likeness (QED) is 0.500. The summed E-state index contributed by atoms with van der Waals surface area (Å²) in [5, 5.41) is 14.2. The van der Waals surface area contributed by atoms with Gasteiger partial charge in [-0.05, 0) is 0 Å². The van der Waals surface area contributed by atoms with E-state index in [-0.39, 0.29) is 10.4 Å². The highest BCUT2D eigenvalue weighted by Gasteiger charge is 2.17. The number of thioether (sulfide) groups is 1. The zero-order valence-electron chi connectivity index (χ0n) is 9.77. The average Bonchev–Trinajstić information content (AvgIpc) is 2.14. The Bertz CT molecular complexity index is 402. The fourth-order valence-corrected chi connectivity index (χ4v) is 2.04. The minimum Gasteiger partial charge on any atom is -0.373 e. The Labute approximate surface area is 98.8 Å². The van der Waals surface area contributed by atoms with Gasteiger partial charge in [-0.2, -0.15) is 0 Å². The first-order valence-corrected chi connectivity index (χ1v) is 5.67. The molecule has 1 rings (SSSR count). The number of rotatable bonds is 3. The van der Waals surface area contributed by atoms with E-state index in [1.807, 2.05) is 20.8 Å². The summed E-state index contributed by atoms with van der Waals surface area (Å²) >= 11 is 1.51. The van der Waals surface area contributed by atoms with E-state index >= 15 is 0 Å². The smallest absolute Gasteiger partial charge is 0.275 e. The van der Waals surface area contributed by atoms with Gasteiger partial charge >= 0.3 is 0 Å². The molecule has 0 saturated carbocycles. The van der Waals surface area contributed by atoms with E-state index in [9.17, 15) is 10.1 Å². The van der Waals surface area contributed by atoms with Crippen LogP contribution >= 0.6 is 11.8 Å². The molecule has 0 radical (unpaired) electrons. The van der Waals surface area contributed by atoms with Crippen LogP contribution < -0.4 is 5.32 Å². The summed E-state index contributed by atoms with van der Waals surface area (Å²) in [6.07, 6.45) is 0. The third-order valence-corrected chi connectivity index (χ3v) is 2.69. The highest BCUT2D eigenvalue weighted by Crippen LogP contribution is 2.33. The first kappa shape index (κ1) is 12.8. The van der Waals surface area contributed by atoms with E-state index in [0.717, 1.165) is 0 Å². The predicted octanol–water partition coefficient (Wildman–Crippen LogP) is 2.92. The van der Waals surface area contributed by atoms with E-state index < -0.39 is 4.92 Å². The van der Waals surface area contributed by atoms with Crippen molar-refractivity contribution >= 4 is 23.3 Å². The summed E-state index contributed by atoms with van der Waals surface area (Å²) in [7, 11) is 1.69. The molecule has 0 aliphatic heterocycles. The topological polar surface area (TPSA) is 68.1 Å². The Balaban J connectivity index is 3.09. The molecule has 0 saturated heterocycles. The summed E-state index contributed by atoms with van der Waals surface area (Å²) < 4.78 is -0.0206. The second-order valence-electron chi connectivity index (χ2n) is 4.27. The van der Waals surface area contributed by atoms with Crippen molar-refractivity contribution < 1.29 is 4.92 Å². The molecule has 0 unspecified atom stereocenters. The standard InChI is InChI=1S/C10H15N3O2S/c1-10(2,3)16-9-6-7(13(14)15)5-8(11-4)12-9/h5-6H,1-4H3,(H,11,12). The molecule has 1 heterocycles. The van der Waals surface area contributed by atoms with E-state index in [2.05, 4.69) is 10.3 Å². The number of aromatic nitrogens is 1. The van der Waals surface area contributed by atoms with E-state index in [0.29, 0.717) is 10.8 Å². The summed E-state index contributed by atoms with van der Waals surface area (Å²) in [5.74, 6) is 0.515. The van der Waals surface area contributed by atoms with Crippen LogP contribution in [0.5, 0.6) is 0 Å². The van der Waals surface area contributed by atoms with Gasteiger partial charge in [0.1, 0.15) is 10.8 Å². The van der Waals surface area contributed by atoms with Crippen LogP contribution in [-0.4, -0.2) is 21.7 Å². The van der Waals surface area contributed by atoms with Gasteiger partial charge in [0.2, 0.25) is 0 Å². The monoisotopic (exact) mass is 241 g/mol. The minimum atomic E-state index is -0.407. The van der Waals surface area contributed by atoms with Gasteiger partial charge in [-0.3, -0.25) is 10.1 Å². The number of nitro groups is 1. The maximum Gasteiger partial charge on any atom is 0.275 e. The number of hydrogen-bond acceptors (Lipinski definition) is 5. The molecule has 0 aromatic carbocycles. The second-order valence-corrected chi connectivity index (χ2v) is 6.12. The molecule has 0 aliphatic carbocycles. The van der Waals surface area contributed by atoms with E-state index in [1.165, 1.54) is 23.9 Å². The van der Waals surface area contributed by atoms with Crippen LogP contribution in [0.1, 0.15) is 20.8 Å². The number of nitrogens with zero attached hydrogens (tertiary/aromatic N) is 2. The lowest BCUT2D eigenvalue weighted by Crippen LogP contribution is -2.08. The van der Waals surface area contributed by atoms with Crippen molar-refractivity contribution in [2.45, 2.75) is 30.5 Å². The van der Waals surface area contributed by atoms with Gasteiger partial charge in [0.25, 0.3) is 5.69 Å². The first-order valence-electron chi connectivity index (χ1n) is 4.85. The number of anilines is 1. The van der Waals surface area contributed by atoms with Gasteiger partial charge in [0.15, 0.2) is 0 Å². The molecular weight excluding hydrogens is 226 g/mol. The van der Waals surface area contributed by atoms with Gasteiger partial charge in [0.05, 0.1) is 11.0 Å². The van der Waals surface area contributed by atoms with Crippen LogP contribution in [0.4, 0.5) is 11.5 Å². The Kier molecular flexibility index (Phi) is 3.74. The molecular formula is C10H15N3O2S. The maximum absolute atomic E-state index is 10.7. The zero-order valence-corrected chi connectivity index (χ0v) is 10.6. The maximum atomic E-state index is 10.7. The fraction of sp³-hybridized carbons (Fsp3) is 0.500. The highest BCUT2D eigenvalue weighted by molar-refractivity contribution is 8.00. The lowest BCUT2D eigenvalue weighted by atomic mass is 10.3. The van der Waals surface area contributed by atoms with Crippen molar-refractivity contribution in [3.8, 4) is 0 Å². The molecule has 1 N–H and O–H groups in total. The molecule has 5 nitrogen and oxygen atoms in total. The van der Waals surface area contributed by atoms with Crippen molar-refractivity contribution in [2.75, 3.05) is 12.4 Å². The SMILES string of the molecule is CNc1cc([N+](=O)[O-])cc(SC(C)(C)C)n1. The van der Waals surface area contributed by atoms with E-state index in [4.69, 9.17) is 0 Å². The Morgan fingerprint density at radius 1 is 1.44 bits per heavy atom. The molecule has 0 atom stereocenters. The number of nitrogens with one attached hydrogen (secondary N) is 1. The highest BCUT2D eigenvalue weighted by atomic mass is 32.2. The molecule has 0 fully saturated rings. The predicted molar refractivity (Wildman–Crippen MR) is 66.0 cm³/mol. The molecule has 0 bridgehead atoms. The van der Waals surface area contributed by atoms with Crippen molar-refractivity contribution in [2.24, 2.45) is 0 Å². The third-order valence-electron chi connectivity index (χ3n) is 1.66. The van der Waals surface area contributed by atoms with Crippen LogP contribution in [0.2, 0.25) is 0 Å². The lowest BCUT2D eigenvalue weighted by molar-refractivity contribution is -0.385. The van der Waals surface area contributed by atoms with Crippen LogP contribution in [-0.2, 0) is 0 Å². The number of pyridine rings is 1. The Hall–Kier alpha value is -1.30. The average molecular weight is 241 g/mol. The van der Waals surface area contributed by atoms with Crippen molar-refractivity contribution in [1.29, 1.82) is 0 Å². The van der Waals surface area contributed by atoms with Gasteiger partial charge in [-0.15, -0.1) is 11.8 Å². The zero-order chi connectivity index (χ0) is 12.3.